The van der Waals surface area contributed by atoms with E-state index in [9.17, 15) is 0 Å². The molecule has 0 fully saturated rings. The number of hydrogen-bond donors (Lipinski definition) is 0. The van der Waals surface area contributed by atoms with E-state index in [-0.39, 0.29) is 5.60 Å². The Labute approximate surface area is 138 Å². The van der Waals surface area contributed by atoms with Gasteiger partial charge in [0.25, 0.3) is 0 Å². The number of unbranched alkanes of at least 4 members (excludes halogenated alkanes) is 9. The molecule has 0 aliphatic heterocycles. The van der Waals surface area contributed by atoms with E-state index in [0.29, 0.717) is 0 Å². The summed E-state index contributed by atoms with van der Waals surface area (Å²) in [5, 5.41) is 0. The fourth-order valence-corrected chi connectivity index (χ4v) is 2.84. The minimum atomic E-state index is -0.166. The first kappa shape index (κ1) is 19.2. The number of ether oxygens (including phenoxy) is 1. The van der Waals surface area contributed by atoms with Gasteiger partial charge in [-0.2, -0.15) is 0 Å². The standard InChI is InChI=1S/C21H36O/c1-4-5-6-7-8-9-10-11-12-16-19-22-21(2,3)20-17-14-13-15-18-20/h13-15,17-18H,4-12,16,19H2,1-3H3. The zero-order chi connectivity index (χ0) is 16.1. The smallest absolute Gasteiger partial charge is 0.0875 e. The maximum Gasteiger partial charge on any atom is 0.0875 e. The van der Waals surface area contributed by atoms with Gasteiger partial charge in [0.15, 0.2) is 0 Å². The molecule has 0 aromatic heterocycles. The minimum Gasteiger partial charge on any atom is -0.371 e. The number of hydrogen-bond acceptors (Lipinski definition) is 1. The Morgan fingerprint density at radius 3 is 1.77 bits per heavy atom. The van der Waals surface area contributed by atoms with Crippen molar-refractivity contribution in [3.8, 4) is 0 Å². The van der Waals surface area contributed by atoms with Crippen molar-refractivity contribution in [3.63, 3.8) is 0 Å². The van der Waals surface area contributed by atoms with Crippen LogP contribution >= 0.6 is 0 Å². The molecule has 0 heterocycles. The summed E-state index contributed by atoms with van der Waals surface area (Å²) in [5.41, 5.74) is 1.10. The molecular formula is C21H36O. The predicted octanol–water partition coefficient (Wildman–Crippen LogP) is 6.86. The van der Waals surface area contributed by atoms with E-state index >= 15 is 0 Å². The van der Waals surface area contributed by atoms with Gasteiger partial charge in [0.1, 0.15) is 0 Å². The average molecular weight is 305 g/mol. The van der Waals surface area contributed by atoms with Crippen LogP contribution in [0.5, 0.6) is 0 Å². The summed E-state index contributed by atoms with van der Waals surface area (Å²) < 4.78 is 6.09. The summed E-state index contributed by atoms with van der Waals surface area (Å²) in [7, 11) is 0. The van der Waals surface area contributed by atoms with Gasteiger partial charge in [0.2, 0.25) is 0 Å². The monoisotopic (exact) mass is 304 g/mol. The maximum atomic E-state index is 6.09. The van der Waals surface area contributed by atoms with Crippen LogP contribution < -0.4 is 0 Å². The Balaban J connectivity index is 1.97. The van der Waals surface area contributed by atoms with Crippen LogP contribution in [0.2, 0.25) is 0 Å². The summed E-state index contributed by atoms with van der Waals surface area (Å²) in [5.74, 6) is 0. The minimum absolute atomic E-state index is 0.166. The lowest BCUT2D eigenvalue weighted by Gasteiger charge is -2.26. The Morgan fingerprint density at radius 1 is 0.727 bits per heavy atom. The van der Waals surface area contributed by atoms with Crippen LogP contribution in [0.3, 0.4) is 0 Å². The summed E-state index contributed by atoms with van der Waals surface area (Å²) in [6.45, 7) is 7.48. The van der Waals surface area contributed by atoms with Crippen molar-refractivity contribution in [1.29, 1.82) is 0 Å². The summed E-state index contributed by atoms with van der Waals surface area (Å²) in [6, 6.07) is 10.5. The lowest BCUT2D eigenvalue weighted by atomic mass is 9.98. The highest BCUT2D eigenvalue weighted by molar-refractivity contribution is 5.20. The zero-order valence-corrected chi connectivity index (χ0v) is 15.1. The lowest BCUT2D eigenvalue weighted by Crippen LogP contribution is -2.22. The van der Waals surface area contributed by atoms with Gasteiger partial charge in [-0.25, -0.2) is 0 Å². The van der Waals surface area contributed by atoms with Gasteiger partial charge in [-0.1, -0.05) is 95.0 Å². The Kier molecular flexibility index (Phi) is 10.2. The van der Waals surface area contributed by atoms with Crippen LogP contribution in [0.1, 0.15) is 90.5 Å². The van der Waals surface area contributed by atoms with Crippen LogP contribution in [0.25, 0.3) is 0 Å². The Bertz CT molecular complexity index is 355. The van der Waals surface area contributed by atoms with E-state index in [2.05, 4.69) is 51.1 Å². The van der Waals surface area contributed by atoms with Crippen LogP contribution in [-0.2, 0) is 10.3 Å². The third kappa shape index (κ3) is 8.58. The van der Waals surface area contributed by atoms with Crippen LogP contribution in [0.4, 0.5) is 0 Å². The largest absolute Gasteiger partial charge is 0.371 e. The van der Waals surface area contributed by atoms with Gasteiger partial charge in [0, 0.05) is 6.61 Å². The van der Waals surface area contributed by atoms with Crippen LogP contribution in [0, 0.1) is 0 Å². The second-order valence-electron chi connectivity index (χ2n) is 6.91. The van der Waals surface area contributed by atoms with Crippen molar-refractivity contribution in [2.75, 3.05) is 6.61 Å². The van der Waals surface area contributed by atoms with Crippen molar-refractivity contribution in [1.82, 2.24) is 0 Å². The van der Waals surface area contributed by atoms with Gasteiger partial charge < -0.3 is 4.74 Å². The first-order valence-corrected chi connectivity index (χ1v) is 9.36. The molecular weight excluding hydrogens is 268 g/mol. The topological polar surface area (TPSA) is 9.23 Å². The molecule has 0 radical (unpaired) electrons. The zero-order valence-electron chi connectivity index (χ0n) is 15.1. The summed E-state index contributed by atoms with van der Waals surface area (Å²) >= 11 is 0. The molecule has 0 saturated carbocycles. The second-order valence-corrected chi connectivity index (χ2v) is 6.91. The lowest BCUT2D eigenvalue weighted by molar-refractivity contribution is -0.0234. The van der Waals surface area contributed by atoms with Gasteiger partial charge in [-0.15, -0.1) is 0 Å². The van der Waals surface area contributed by atoms with Crippen molar-refractivity contribution in [2.24, 2.45) is 0 Å². The molecule has 0 saturated heterocycles. The summed E-state index contributed by atoms with van der Waals surface area (Å²) in [6.07, 6.45) is 13.7. The number of rotatable bonds is 13. The van der Waals surface area contributed by atoms with Crippen molar-refractivity contribution in [2.45, 2.75) is 90.6 Å². The SMILES string of the molecule is CCCCCCCCCCCCOC(C)(C)c1ccccc1. The van der Waals surface area contributed by atoms with E-state index in [1.165, 1.54) is 69.8 Å². The first-order valence-electron chi connectivity index (χ1n) is 9.36. The Morgan fingerprint density at radius 2 is 1.23 bits per heavy atom. The molecule has 22 heavy (non-hydrogen) atoms. The molecule has 0 bridgehead atoms. The molecule has 1 rings (SSSR count). The molecule has 1 nitrogen and oxygen atoms in total. The van der Waals surface area contributed by atoms with E-state index in [0.717, 1.165) is 6.61 Å². The Hall–Kier alpha value is -0.820. The van der Waals surface area contributed by atoms with E-state index in [1.807, 2.05) is 0 Å². The van der Waals surface area contributed by atoms with Crippen LogP contribution in [-0.4, -0.2) is 6.61 Å². The maximum absolute atomic E-state index is 6.09. The highest BCUT2D eigenvalue weighted by atomic mass is 16.5. The third-order valence-corrected chi connectivity index (χ3v) is 4.43. The van der Waals surface area contributed by atoms with E-state index in [1.54, 1.807) is 0 Å². The number of benzene rings is 1. The molecule has 1 aromatic carbocycles. The molecule has 126 valence electrons. The normalized spacial score (nSPS) is 11.8. The highest BCUT2D eigenvalue weighted by Crippen LogP contribution is 2.24. The van der Waals surface area contributed by atoms with Gasteiger partial charge >= 0.3 is 0 Å². The molecule has 0 atom stereocenters. The van der Waals surface area contributed by atoms with Crippen molar-refractivity contribution < 1.29 is 4.74 Å². The quantitative estimate of drug-likeness (QED) is 0.362. The molecule has 0 N–H and O–H groups in total. The fraction of sp³-hybridized carbons (Fsp3) is 0.714. The van der Waals surface area contributed by atoms with E-state index < -0.39 is 0 Å². The summed E-state index contributed by atoms with van der Waals surface area (Å²) in [4.78, 5) is 0. The third-order valence-electron chi connectivity index (χ3n) is 4.43. The molecule has 1 aromatic rings. The van der Waals surface area contributed by atoms with Crippen molar-refractivity contribution >= 4 is 0 Å². The molecule has 0 aliphatic rings. The highest BCUT2D eigenvalue weighted by Gasteiger charge is 2.20. The molecule has 0 aliphatic carbocycles. The van der Waals surface area contributed by atoms with Gasteiger partial charge in [0.05, 0.1) is 5.60 Å². The van der Waals surface area contributed by atoms with Crippen LogP contribution in [0.15, 0.2) is 30.3 Å². The molecule has 0 spiro atoms. The molecule has 1 heteroatoms. The molecule has 0 unspecified atom stereocenters. The fourth-order valence-electron chi connectivity index (χ4n) is 2.84. The van der Waals surface area contributed by atoms with Crippen molar-refractivity contribution in [3.05, 3.63) is 35.9 Å². The van der Waals surface area contributed by atoms with Gasteiger partial charge in [-0.05, 0) is 25.8 Å². The average Bonchev–Trinajstić information content (AvgIpc) is 2.53. The second kappa shape index (κ2) is 11.7. The predicted molar refractivity (Wildman–Crippen MR) is 97.3 cm³/mol. The molecule has 0 amide bonds. The van der Waals surface area contributed by atoms with E-state index in [4.69, 9.17) is 4.74 Å². The first-order chi connectivity index (χ1) is 10.7. The van der Waals surface area contributed by atoms with Gasteiger partial charge in [-0.3, -0.25) is 0 Å².